The standard InChI is InChI=1S/C13H14O/c1-10(9-14)12-8-4-6-11-5-2-3-7-13(11)12/h2-8,10,14H,9H2,1H3/i1D3. The second kappa shape index (κ2) is 3.81. The third-order valence-corrected chi connectivity index (χ3v) is 2.38. The summed E-state index contributed by atoms with van der Waals surface area (Å²) in [7, 11) is 0. The van der Waals surface area contributed by atoms with Gasteiger partial charge in [-0.25, -0.2) is 0 Å². The van der Waals surface area contributed by atoms with Crippen molar-refractivity contribution in [2.24, 2.45) is 0 Å². The summed E-state index contributed by atoms with van der Waals surface area (Å²) in [5, 5.41) is 11.2. The first kappa shape index (κ1) is 6.20. The monoisotopic (exact) mass is 189 g/mol. The van der Waals surface area contributed by atoms with Gasteiger partial charge in [0.25, 0.3) is 0 Å². The van der Waals surface area contributed by atoms with Crippen molar-refractivity contribution < 1.29 is 9.22 Å². The molecule has 0 heterocycles. The van der Waals surface area contributed by atoms with Gasteiger partial charge in [-0.2, -0.15) is 0 Å². The number of hydrogen-bond donors (Lipinski definition) is 1. The Kier molecular flexibility index (Phi) is 1.69. The van der Waals surface area contributed by atoms with Crippen molar-refractivity contribution >= 4 is 10.8 Å². The molecule has 1 N–H and O–H groups in total. The Balaban J connectivity index is 2.62. The Morgan fingerprint density at radius 2 is 2.00 bits per heavy atom. The second-order valence-corrected chi connectivity index (χ2v) is 3.30. The fourth-order valence-corrected chi connectivity index (χ4v) is 1.65. The van der Waals surface area contributed by atoms with Crippen molar-refractivity contribution in [2.45, 2.75) is 12.8 Å². The third-order valence-electron chi connectivity index (χ3n) is 2.38. The molecule has 2 rings (SSSR count). The largest absolute Gasteiger partial charge is 0.396 e. The molecule has 0 aliphatic rings. The van der Waals surface area contributed by atoms with Gasteiger partial charge in [0.1, 0.15) is 0 Å². The Morgan fingerprint density at radius 3 is 2.79 bits per heavy atom. The molecule has 0 fully saturated rings. The van der Waals surface area contributed by atoms with Crippen molar-refractivity contribution in [1.29, 1.82) is 0 Å². The first-order chi connectivity index (χ1) is 8.04. The molecule has 72 valence electrons. The minimum absolute atomic E-state index is 0.371. The third kappa shape index (κ3) is 1.51. The van der Waals surface area contributed by atoms with Gasteiger partial charge in [-0.05, 0) is 16.3 Å². The maximum absolute atomic E-state index is 9.31. The predicted molar refractivity (Wildman–Crippen MR) is 59.4 cm³/mol. The topological polar surface area (TPSA) is 20.2 Å². The van der Waals surface area contributed by atoms with E-state index in [1.54, 1.807) is 6.07 Å². The van der Waals surface area contributed by atoms with E-state index in [-0.39, 0.29) is 6.61 Å². The van der Waals surface area contributed by atoms with E-state index in [0.717, 1.165) is 10.8 Å². The molecule has 0 bridgehead atoms. The summed E-state index contributed by atoms with van der Waals surface area (Å²) < 4.78 is 22.4. The normalized spacial score (nSPS) is 17.1. The van der Waals surface area contributed by atoms with Crippen LogP contribution in [0.5, 0.6) is 0 Å². The highest BCUT2D eigenvalue weighted by Crippen LogP contribution is 2.24. The van der Waals surface area contributed by atoms with E-state index < -0.39 is 12.8 Å². The lowest BCUT2D eigenvalue weighted by atomic mass is 9.95. The van der Waals surface area contributed by atoms with Crippen LogP contribution in [-0.4, -0.2) is 11.7 Å². The summed E-state index contributed by atoms with van der Waals surface area (Å²) in [4.78, 5) is 0. The molecule has 14 heavy (non-hydrogen) atoms. The Bertz CT molecular complexity index is 514. The van der Waals surface area contributed by atoms with Gasteiger partial charge in [0.05, 0.1) is 0 Å². The smallest absolute Gasteiger partial charge is 0.0497 e. The zero-order valence-electron chi connectivity index (χ0n) is 10.8. The highest BCUT2D eigenvalue weighted by Gasteiger charge is 2.06. The molecular weight excluding hydrogens is 172 g/mol. The van der Waals surface area contributed by atoms with Crippen molar-refractivity contribution in [3.8, 4) is 0 Å². The van der Waals surface area contributed by atoms with Crippen molar-refractivity contribution in [3.63, 3.8) is 0 Å². The molecule has 0 spiro atoms. The van der Waals surface area contributed by atoms with E-state index in [0.29, 0.717) is 5.56 Å². The van der Waals surface area contributed by atoms with Gasteiger partial charge in [0.15, 0.2) is 0 Å². The van der Waals surface area contributed by atoms with Gasteiger partial charge in [-0.1, -0.05) is 49.3 Å². The number of benzene rings is 2. The molecule has 0 aliphatic heterocycles. The van der Waals surface area contributed by atoms with E-state index in [4.69, 9.17) is 4.11 Å². The summed E-state index contributed by atoms with van der Waals surface area (Å²) >= 11 is 0. The molecule has 1 atom stereocenters. The minimum Gasteiger partial charge on any atom is -0.396 e. The average Bonchev–Trinajstić information content (AvgIpc) is 2.28. The van der Waals surface area contributed by atoms with Crippen LogP contribution in [0, 0.1) is 0 Å². The lowest BCUT2D eigenvalue weighted by molar-refractivity contribution is 0.273. The van der Waals surface area contributed by atoms with Gasteiger partial charge < -0.3 is 5.11 Å². The number of fused-ring (bicyclic) bond motifs is 1. The van der Waals surface area contributed by atoms with Crippen molar-refractivity contribution in [1.82, 2.24) is 0 Å². The number of aliphatic hydroxyl groups is 1. The van der Waals surface area contributed by atoms with Crippen LogP contribution in [0.1, 0.15) is 22.4 Å². The molecular formula is C13H14O. The Labute approximate surface area is 88.2 Å². The van der Waals surface area contributed by atoms with Crippen LogP contribution < -0.4 is 0 Å². The second-order valence-electron chi connectivity index (χ2n) is 3.30. The fraction of sp³-hybridized carbons (Fsp3) is 0.231. The highest BCUT2D eigenvalue weighted by atomic mass is 16.3. The molecule has 2 aromatic rings. The number of hydrogen-bond acceptors (Lipinski definition) is 1. The molecule has 0 amide bonds. The molecule has 1 unspecified atom stereocenters. The SMILES string of the molecule is [2H]C([2H])([2H])C(CO)c1cccc2ccccc12. The van der Waals surface area contributed by atoms with Crippen LogP contribution >= 0.6 is 0 Å². The zero-order chi connectivity index (χ0) is 12.5. The van der Waals surface area contributed by atoms with E-state index in [1.165, 1.54) is 0 Å². The van der Waals surface area contributed by atoms with Crippen LogP contribution in [0.25, 0.3) is 10.8 Å². The summed E-state index contributed by atoms with van der Waals surface area (Å²) in [6.07, 6.45) is 0. The van der Waals surface area contributed by atoms with Gasteiger partial charge in [0, 0.05) is 16.6 Å². The van der Waals surface area contributed by atoms with Crippen molar-refractivity contribution in [2.75, 3.05) is 6.61 Å². The van der Waals surface area contributed by atoms with Crippen LogP contribution in [0.2, 0.25) is 0 Å². The van der Waals surface area contributed by atoms with E-state index >= 15 is 0 Å². The number of rotatable bonds is 2. The average molecular weight is 189 g/mol. The molecule has 1 nitrogen and oxygen atoms in total. The maximum atomic E-state index is 9.31. The summed E-state index contributed by atoms with van der Waals surface area (Å²) in [5.41, 5.74) is 0.686. The molecule has 1 heteroatoms. The first-order valence-corrected chi connectivity index (χ1v) is 4.62. The molecule has 0 aromatic heterocycles. The summed E-state index contributed by atoms with van der Waals surface area (Å²) in [6.45, 7) is -2.55. The van der Waals surface area contributed by atoms with E-state index in [9.17, 15) is 5.11 Å². The van der Waals surface area contributed by atoms with Gasteiger partial charge in [-0.15, -0.1) is 0 Å². The fourth-order valence-electron chi connectivity index (χ4n) is 1.65. The van der Waals surface area contributed by atoms with Gasteiger partial charge >= 0.3 is 0 Å². The minimum atomic E-state index is -2.18. The molecule has 2 aromatic carbocycles. The van der Waals surface area contributed by atoms with Crippen LogP contribution in [-0.2, 0) is 0 Å². The van der Waals surface area contributed by atoms with Gasteiger partial charge in [-0.3, -0.25) is 0 Å². The van der Waals surface area contributed by atoms with Crippen LogP contribution in [0.15, 0.2) is 42.5 Å². The lowest BCUT2D eigenvalue weighted by Crippen LogP contribution is -1.99. The quantitative estimate of drug-likeness (QED) is 0.770. The molecule has 0 saturated carbocycles. The number of aliphatic hydroxyl groups excluding tert-OH is 1. The van der Waals surface area contributed by atoms with E-state index in [2.05, 4.69) is 0 Å². The Morgan fingerprint density at radius 1 is 1.21 bits per heavy atom. The summed E-state index contributed by atoms with van der Waals surface area (Å²) in [5.74, 6) is -0.825. The maximum Gasteiger partial charge on any atom is 0.0497 e. The molecule has 0 radical (unpaired) electrons. The van der Waals surface area contributed by atoms with Crippen molar-refractivity contribution in [3.05, 3.63) is 48.0 Å². The summed E-state index contributed by atoms with van der Waals surface area (Å²) in [6, 6.07) is 13.1. The lowest BCUT2D eigenvalue weighted by Gasteiger charge is -2.11. The highest BCUT2D eigenvalue weighted by molar-refractivity contribution is 5.86. The van der Waals surface area contributed by atoms with Gasteiger partial charge in [0.2, 0.25) is 0 Å². The van der Waals surface area contributed by atoms with E-state index in [1.807, 2.05) is 36.4 Å². The zero-order valence-corrected chi connectivity index (χ0v) is 7.77. The molecule has 0 saturated heterocycles. The van der Waals surface area contributed by atoms with Crippen LogP contribution in [0.4, 0.5) is 0 Å². The molecule has 0 aliphatic carbocycles. The first-order valence-electron chi connectivity index (χ1n) is 6.12. The Hall–Kier alpha value is -1.34. The van der Waals surface area contributed by atoms with Crippen LogP contribution in [0.3, 0.4) is 0 Å². The predicted octanol–water partition coefficient (Wildman–Crippen LogP) is 2.94.